The van der Waals surface area contributed by atoms with Crippen molar-refractivity contribution < 1.29 is 38.3 Å². The van der Waals surface area contributed by atoms with E-state index in [4.69, 9.17) is 10.5 Å². The Morgan fingerprint density at radius 3 is 2.13 bits per heavy atom. The molecule has 5 N–H and O–H groups in total. The highest BCUT2D eigenvalue weighted by Crippen LogP contribution is 2.21. The molecule has 0 heterocycles. The molecule has 0 aliphatic heterocycles. The van der Waals surface area contributed by atoms with Gasteiger partial charge in [0.1, 0.15) is 6.61 Å². The summed E-state index contributed by atoms with van der Waals surface area (Å²) < 4.78 is 5.46. The summed E-state index contributed by atoms with van der Waals surface area (Å²) in [5.41, 5.74) is 6.39. The van der Waals surface area contributed by atoms with Crippen molar-refractivity contribution in [1.82, 2.24) is 20.4 Å². The van der Waals surface area contributed by atoms with Gasteiger partial charge in [0.15, 0.2) is 17.3 Å². The lowest BCUT2D eigenvalue weighted by Crippen LogP contribution is -2.45. The van der Waals surface area contributed by atoms with Gasteiger partial charge in [-0.15, -0.1) is 0 Å². The van der Waals surface area contributed by atoms with E-state index in [1.165, 1.54) is 17.1 Å². The fraction of sp³-hybridized carbons (Fsp3) is 0.615. The Kier molecular flexibility index (Phi) is 18.3. The Hall–Kier alpha value is -4.59. The molecule has 2 atom stereocenters. The summed E-state index contributed by atoms with van der Waals surface area (Å²) in [6.07, 6.45) is 5.20. The van der Waals surface area contributed by atoms with Crippen molar-refractivity contribution in [2.75, 3.05) is 39.0 Å². The number of amides is 5. The summed E-state index contributed by atoms with van der Waals surface area (Å²) in [6.45, 7) is 11.4. The Morgan fingerprint density at radius 1 is 0.906 bits per heavy atom. The second kappa shape index (κ2) is 21.8. The molecule has 0 saturated carbocycles. The quantitative estimate of drug-likeness (QED) is 0.0986. The number of Topliss-reactive ketones (excluding diaryl/α,β-unsaturated/α-hetero) is 1. The maximum absolute atomic E-state index is 13.5. The predicted octanol–water partition coefficient (Wildman–Crippen LogP) is 4.36. The smallest absolute Gasteiger partial charge is 0.409 e. The SMILES string of the molecule is CC(C)[C@H](NC(=O)CCCCCC1C(=O)C=CC1=O)C(=O)C[C@@H](CCCNC(N)=O)C(=O)Nc1ccc(COC(=O)N(C)CCN(C)C(C)(C)C)cc1. The first-order valence-electron chi connectivity index (χ1n) is 18.5. The molecular formula is C39H60N6O8. The summed E-state index contributed by atoms with van der Waals surface area (Å²) in [4.78, 5) is 90.7. The number of ketones is 3. The van der Waals surface area contributed by atoms with Gasteiger partial charge in [-0.25, -0.2) is 9.59 Å². The fourth-order valence-corrected chi connectivity index (χ4v) is 5.66. The number of hydrogen-bond acceptors (Lipinski definition) is 9. The number of likely N-dealkylation sites (N-methyl/N-ethyl adjacent to an activating group) is 2. The number of unbranched alkanes of at least 4 members (excludes halogenated alkanes) is 2. The summed E-state index contributed by atoms with van der Waals surface area (Å²) in [7, 11) is 3.69. The molecule has 0 saturated heterocycles. The second-order valence-corrected chi connectivity index (χ2v) is 15.1. The number of nitrogens with one attached hydrogen (secondary N) is 3. The number of nitrogens with zero attached hydrogens (tertiary/aromatic N) is 2. The number of rotatable bonds is 22. The highest BCUT2D eigenvalue weighted by molar-refractivity contribution is 6.18. The van der Waals surface area contributed by atoms with E-state index in [1.807, 2.05) is 20.9 Å². The van der Waals surface area contributed by atoms with Crippen LogP contribution in [-0.2, 0) is 35.3 Å². The molecule has 1 aliphatic carbocycles. The van der Waals surface area contributed by atoms with Crippen LogP contribution in [-0.4, -0.2) is 96.4 Å². The number of hydrogen-bond donors (Lipinski definition) is 4. The number of benzene rings is 1. The van der Waals surface area contributed by atoms with Crippen LogP contribution in [0.4, 0.5) is 15.3 Å². The van der Waals surface area contributed by atoms with Crippen LogP contribution in [0.2, 0.25) is 0 Å². The number of allylic oxidation sites excluding steroid dienone is 2. The molecule has 1 aromatic carbocycles. The van der Waals surface area contributed by atoms with Crippen LogP contribution in [0, 0.1) is 17.8 Å². The molecule has 2 rings (SSSR count). The van der Waals surface area contributed by atoms with Crippen molar-refractivity contribution >= 4 is 47.0 Å². The van der Waals surface area contributed by atoms with Crippen molar-refractivity contribution in [3.05, 3.63) is 42.0 Å². The largest absolute Gasteiger partial charge is 0.445 e. The molecule has 0 unspecified atom stereocenters. The van der Waals surface area contributed by atoms with E-state index in [2.05, 4.69) is 41.6 Å². The molecule has 1 aromatic rings. The molecule has 1 aliphatic rings. The topological polar surface area (TPSA) is 197 Å². The summed E-state index contributed by atoms with van der Waals surface area (Å²) in [6, 6.07) is 5.36. The zero-order valence-electron chi connectivity index (χ0n) is 32.5. The lowest BCUT2D eigenvalue weighted by molar-refractivity contribution is -0.131. The number of carbonyl (C=O) groups excluding carboxylic acids is 7. The molecule has 0 bridgehead atoms. The molecule has 5 amide bonds. The van der Waals surface area contributed by atoms with Gasteiger partial charge >= 0.3 is 12.1 Å². The zero-order chi connectivity index (χ0) is 39.7. The molecule has 0 aromatic heterocycles. The zero-order valence-corrected chi connectivity index (χ0v) is 32.5. The van der Waals surface area contributed by atoms with Crippen molar-refractivity contribution in [3.63, 3.8) is 0 Å². The van der Waals surface area contributed by atoms with Crippen molar-refractivity contribution in [1.29, 1.82) is 0 Å². The molecule has 14 heteroatoms. The van der Waals surface area contributed by atoms with Gasteiger partial charge in [-0.1, -0.05) is 38.8 Å². The Morgan fingerprint density at radius 2 is 1.55 bits per heavy atom. The van der Waals surface area contributed by atoms with Crippen molar-refractivity contribution in [2.24, 2.45) is 23.5 Å². The number of ether oxygens (including phenoxy) is 1. The number of nitrogens with two attached hydrogens (primary N) is 1. The Balaban J connectivity index is 1.93. The van der Waals surface area contributed by atoms with Gasteiger partial charge in [0.25, 0.3) is 0 Å². The van der Waals surface area contributed by atoms with Gasteiger partial charge in [0.2, 0.25) is 11.8 Å². The van der Waals surface area contributed by atoms with Gasteiger partial charge in [-0.2, -0.15) is 0 Å². The molecule has 14 nitrogen and oxygen atoms in total. The summed E-state index contributed by atoms with van der Waals surface area (Å²) in [5.74, 6) is -2.89. The number of anilines is 1. The van der Waals surface area contributed by atoms with E-state index < -0.39 is 30.0 Å². The maximum atomic E-state index is 13.5. The third-order valence-corrected chi connectivity index (χ3v) is 9.48. The number of carbonyl (C=O) groups is 7. The van der Waals surface area contributed by atoms with Gasteiger partial charge in [0.05, 0.1) is 12.0 Å². The van der Waals surface area contributed by atoms with Crippen LogP contribution in [0.1, 0.15) is 91.5 Å². The van der Waals surface area contributed by atoms with Crippen molar-refractivity contribution in [3.8, 4) is 0 Å². The van der Waals surface area contributed by atoms with Crippen molar-refractivity contribution in [2.45, 2.75) is 104 Å². The molecule has 0 fully saturated rings. The van der Waals surface area contributed by atoms with Gasteiger partial charge in [-0.05, 0) is 89.3 Å². The van der Waals surface area contributed by atoms with E-state index >= 15 is 0 Å². The van der Waals surface area contributed by atoms with E-state index in [9.17, 15) is 33.6 Å². The average Bonchev–Trinajstić information content (AvgIpc) is 3.41. The molecule has 53 heavy (non-hydrogen) atoms. The van der Waals surface area contributed by atoms with Crippen LogP contribution in [0.5, 0.6) is 0 Å². The average molecular weight is 741 g/mol. The van der Waals surface area contributed by atoms with Gasteiger partial charge < -0.3 is 31.3 Å². The fourth-order valence-electron chi connectivity index (χ4n) is 5.66. The first-order valence-corrected chi connectivity index (χ1v) is 18.5. The first-order chi connectivity index (χ1) is 24.9. The third-order valence-electron chi connectivity index (χ3n) is 9.48. The normalized spacial score (nSPS) is 14.3. The lowest BCUT2D eigenvalue weighted by atomic mass is 9.89. The number of primary amides is 1. The first kappa shape index (κ1) is 44.6. The molecule has 0 radical (unpaired) electrons. The van der Waals surface area contributed by atoms with Gasteiger partial charge in [0, 0.05) is 56.7 Å². The van der Waals surface area contributed by atoms with Crippen LogP contribution in [0.3, 0.4) is 0 Å². The molecule has 294 valence electrons. The summed E-state index contributed by atoms with van der Waals surface area (Å²) in [5, 5.41) is 8.20. The minimum atomic E-state index is -0.804. The van der Waals surface area contributed by atoms with E-state index in [0.717, 1.165) is 5.56 Å². The van der Waals surface area contributed by atoms with E-state index in [-0.39, 0.29) is 73.0 Å². The maximum Gasteiger partial charge on any atom is 0.409 e. The summed E-state index contributed by atoms with van der Waals surface area (Å²) >= 11 is 0. The Bertz CT molecular complexity index is 1430. The predicted molar refractivity (Wildman–Crippen MR) is 203 cm³/mol. The standard InChI is InChI=1S/C39H60N6O8/c1-26(2)35(43-34(49)14-10-8-9-13-30-31(46)19-20-32(30)47)33(48)24-28(12-11-21-41-37(40)51)36(50)42-29-17-15-27(16-18-29)25-53-38(52)44(6)22-23-45(7)39(3,4)5/h15-20,26,28,30,35H,8-14,21-25H2,1-7H3,(H,42,50)(H,43,49)(H3,40,41,51)/t28-,35+/m1/s1. The number of urea groups is 1. The third kappa shape index (κ3) is 16.3. The molecular weight excluding hydrogens is 680 g/mol. The highest BCUT2D eigenvalue weighted by Gasteiger charge is 2.30. The van der Waals surface area contributed by atoms with Crippen LogP contribution in [0.25, 0.3) is 0 Å². The van der Waals surface area contributed by atoms with E-state index in [0.29, 0.717) is 50.9 Å². The monoisotopic (exact) mass is 740 g/mol. The lowest BCUT2D eigenvalue weighted by Gasteiger charge is -2.33. The van der Waals surface area contributed by atoms with Crippen LogP contribution >= 0.6 is 0 Å². The van der Waals surface area contributed by atoms with Crippen LogP contribution in [0.15, 0.2) is 36.4 Å². The van der Waals surface area contributed by atoms with Crippen LogP contribution < -0.4 is 21.7 Å². The Labute approximate surface area is 314 Å². The van der Waals surface area contributed by atoms with Gasteiger partial charge in [-0.3, -0.25) is 28.9 Å². The minimum Gasteiger partial charge on any atom is -0.445 e. The van der Waals surface area contributed by atoms with E-state index in [1.54, 1.807) is 31.3 Å². The second-order valence-electron chi connectivity index (χ2n) is 15.1. The highest BCUT2D eigenvalue weighted by atomic mass is 16.6. The molecule has 0 spiro atoms. The minimum absolute atomic E-state index is 0.0158.